The lowest BCUT2D eigenvalue weighted by atomic mass is 10.1. The molecular weight excluding hydrogens is 432 g/mol. The Bertz CT molecular complexity index is 925. The summed E-state index contributed by atoms with van der Waals surface area (Å²) in [4.78, 5) is 24.5. The van der Waals surface area contributed by atoms with Gasteiger partial charge in [-0.25, -0.2) is 0 Å². The maximum absolute atomic E-state index is 12.6. The third-order valence-electron chi connectivity index (χ3n) is 4.77. The molecule has 2 aromatic rings. The Balaban J connectivity index is 2.74. The highest BCUT2D eigenvalue weighted by Crippen LogP contribution is 2.52. The van der Waals surface area contributed by atoms with Gasteiger partial charge in [-0.1, -0.05) is 51.6 Å². The first-order chi connectivity index (χ1) is 15.4. The van der Waals surface area contributed by atoms with Crippen molar-refractivity contribution < 1.29 is 28.5 Å². The molecule has 0 radical (unpaired) electrons. The first kappa shape index (κ1) is 25.8. The monoisotopic (exact) mass is 464 g/mol. The zero-order valence-corrected chi connectivity index (χ0v) is 20.2. The number of carbonyl (C=O) groups is 2. The minimum atomic E-state index is -0.492. The van der Waals surface area contributed by atoms with Crippen molar-refractivity contribution in [3.8, 4) is 23.0 Å². The number of ether oxygens (including phenoxy) is 4. The van der Waals surface area contributed by atoms with Crippen LogP contribution in [-0.2, 0) is 9.59 Å². The number of esters is 2. The van der Waals surface area contributed by atoms with Crippen LogP contribution in [0.3, 0.4) is 0 Å². The van der Waals surface area contributed by atoms with E-state index in [-0.39, 0.29) is 35.4 Å². The Kier molecular flexibility index (Phi) is 10.6. The van der Waals surface area contributed by atoms with Crippen LogP contribution < -0.4 is 18.9 Å². The minimum absolute atomic E-state index is 0.236. The summed E-state index contributed by atoms with van der Waals surface area (Å²) in [5.41, 5.74) is 0. The Morgan fingerprint density at radius 1 is 0.781 bits per heavy atom. The summed E-state index contributed by atoms with van der Waals surface area (Å²) in [5.74, 6) is 0.132. The zero-order valence-electron chi connectivity index (χ0n) is 19.4. The van der Waals surface area contributed by atoms with Gasteiger partial charge in [0.2, 0.25) is 11.5 Å². The molecule has 0 fully saturated rings. The van der Waals surface area contributed by atoms with E-state index < -0.39 is 5.97 Å². The molecular formula is C25H33ClO6. The summed E-state index contributed by atoms with van der Waals surface area (Å²) in [6, 6.07) is 5.09. The van der Waals surface area contributed by atoms with Crippen molar-refractivity contribution in [3.05, 3.63) is 23.2 Å². The average molecular weight is 465 g/mol. The zero-order chi connectivity index (χ0) is 23.5. The van der Waals surface area contributed by atoms with Gasteiger partial charge in [-0.15, -0.1) is 0 Å². The molecule has 0 saturated heterocycles. The number of fused-ring (bicyclic) bond motifs is 1. The lowest BCUT2D eigenvalue weighted by Crippen LogP contribution is -2.13. The van der Waals surface area contributed by atoms with Crippen molar-refractivity contribution in [2.24, 2.45) is 0 Å². The van der Waals surface area contributed by atoms with Gasteiger partial charge in [0.1, 0.15) is 0 Å². The fraction of sp³-hybridized carbons (Fsp3) is 0.520. The molecule has 0 N–H and O–H groups in total. The molecule has 6 nitrogen and oxygen atoms in total. The number of benzene rings is 2. The molecule has 0 aliphatic heterocycles. The summed E-state index contributed by atoms with van der Waals surface area (Å²) in [6.07, 6.45) is 5.33. The summed E-state index contributed by atoms with van der Waals surface area (Å²) < 4.78 is 23.5. The number of unbranched alkanes of at least 4 members (excludes halogenated alkanes) is 3. The molecule has 32 heavy (non-hydrogen) atoms. The van der Waals surface area contributed by atoms with Crippen molar-refractivity contribution in [2.75, 3.05) is 13.2 Å². The number of rotatable bonds is 13. The summed E-state index contributed by atoms with van der Waals surface area (Å²) in [7, 11) is 0. The van der Waals surface area contributed by atoms with Gasteiger partial charge in [-0.3, -0.25) is 9.59 Å². The molecule has 0 bridgehead atoms. The number of hydrogen-bond donors (Lipinski definition) is 0. The number of carbonyl (C=O) groups excluding carboxylic acids is 2. The molecule has 0 unspecified atom stereocenters. The molecule has 0 heterocycles. The van der Waals surface area contributed by atoms with E-state index in [1.807, 2.05) is 6.92 Å². The second-order valence-corrected chi connectivity index (χ2v) is 8.02. The van der Waals surface area contributed by atoms with E-state index in [2.05, 4.69) is 13.8 Å². The maximum atomic E-state index is 12.6. The molecule has 176 valence electrons. The predicted octanol–water partition coefficient (Wildman–Crippen LogP) is 6.87. The van der Waals surface area contributed by atoms with E-state index in [1.54, 1.807) is 18.2 Å². The van der Waals surface area contributed by atoms with Gasteiger partial charge in [0.15, 0.2) is 11.5 Å². The lowest BCUT2D eigenvalue weighted by molar-refractivity contribution is -0.135. The molecule has 2 aromatic carbocycles. The van der Waals surface area contributed by atoms with Gasteiger partial charge >= 0.3 is 11.9 Å². The summed E-state index contributed by atoms with van der Waals surface area (Å²) in [6.45, 7) is 8.24. The van der Waals surface area contributed by atoms with Crippen LogP contribution in [-0.4, -0.2) is 25.2 Å². The molecule has 0 atom stereocenters. The van der Waals surface area contributed by atoms with Crippen molar-refractivity contribution in [2.45, 2.75) is 72.6 Å². The fourth-order valence-corrected chi connectivity index (χ4v) is 3.26. The van der Waals surface area contributed by atoms with Crippen molar-refractivity contribution >= 4 is 34.3 Å². The van der Waals surface area contributed by atoms with E-state index in [4.69, 9.17) is 30.5 Å². The van der Waals surface area contributed by atoms with Gasteiger partial charge in [0.05, 0.1) is 13.2 Å². The van der Waals surface area contributed by atoms with Crippen LogP contribution in [0.2, 0.25) is 5.02 Å². The summed E-state index contributed by atoms with van der Waals surface area (Å²) in [5, 5.41) is 1.53. The first-order valence-electron chi connectivity index (χ1n) is 11.4. The Hall–Kier alpha value is -2.47. The second-order valence-electron chi connectivity index (χ2n) is 7.58. The van der Waals surface area contributed by atoms with Crippen molar-refractivity contribution in [1.82, 2.24) is 0 Å². The largest absolute Gasteiger partial charge is 0.486 e. The molecule has 7 heteroatoms. The van der Waals surface area contributed by atoms with Crippen molar-refractivity contribution in [1.29, 1.82) is 0 Å². The molecule has 0 spiro atoms. The van der Waals surface area contributed by atoms with Gasteiger partial charge < -0.3 is 18.9 Å². The average Bonchev–Trinajstić information content (AvgIpc) is 2.75. The molecule has 0 aliphatic carbocycles. The van der Waals surface area contributed by atoms with Crippen LogP contribution in [0.25, 0.3) is 10.8 Å². The van der Waals surface area contributed by atoms with E-state index in [0.29, 0.717) is 29.0 Å². The topological polar surface area (TPSA) is 71.1 Å². The van der Waals surface area contributed by atoms with Crippen LogP contribution in [0.5, 0.6) is 23.0 Å². The minimum Gasteiger partial charge on any atom is -0.486 e. The highest BCUT2D eigenvalue weighted by atomic mass is 35.5. The Morgan fingerprint density at radius 2 is 1.34 bits per heavy atom. The standard InChI is InChI=1S/C25H33ClO6/c1-5-8-11-21(28)32-23-20-16-18(26)12-13-19(20)22(31-17(4)27)24(29-14-9-6-2)25(23)30-15-10-7-3/h12-13,16H,5-11,14-15H2,1-4H3. The lowest BCUT2D eigenvalue weighted by Gasteiger charge is -2.21. The molecule has 0 saturated carbocycles. The van der Waals surface area contributed by atoms with E-state index in [0.717, 1.165) is 38.5 Å². The quantitative estimate of drug-likeness (QED) is 0.183. The number of halogens is 1. The summed E-state index contributed by atoms with van der Waals surface area (Å²) >= 11 is 6.27. The van der Waals surface area contributed by atoms with E-state index in [1.165, 1.54) is 6.92 Å². The molecule has 2 rings (SSSR count). The predicted molar refractivity (Wildman–Crippen MR) is 126 cm³/mol. The molecule has 0 aliphatic rings. The first-order valence-corrected chi connectivity index (χ1v) is 11.7. The third-order valence-corrected chi connectivity index (χ3v) is 5.01. The van der Waals surface area contributed by atoms with Crippen molar-refractivity contribution in [3.63, 3.8) is 0 Å². The fourth-order valence-electron chi connectivity index (χ4n) is 3.08. The Morgan fingerprint density at radius 3 is 1.88 bits per heavy atom. The van der Waals surface area contributed by atoms with Crippen LogP contribution in [0.1, 0.15) is 72.6 Å². The normalized spacial score (nSPS) is 10.8. The molecule has 0 aromatic heterocycles. The second kappa shape index (κ2) is 13.2. The smallest absolute Gasteiger partial charge is 0.311 e. The van der Waals surface area contributed by atoms with Crippen LogP contribution in [0.15, 0.2) is 18.2 Å². The van der Waals surface area contributed by atoms with Gasteiger partial charge in [0, 0.05) is 29.1 Å². The van der Waals surface area contributed by atoms with Crippen LogP contribution in [0, 0.1) is 0 Å². The van der Waals surface area contributed by atoms with Crippen LogP contribution in [0.4, 0.5) is 0 Å². The number of hydrogen-bond acceptors (Lipinski definition) is 6. The van der Waals surface area contributed by atoms with Gasteiger partial charge in [-0.05, 0) is 37.5 Å². The van der Waals surface area contributed by atoms with E-state index in [9.17, 15) is 9.59 Å². The maximum Gasteiger partial charge on any atom is 0.311 e. The van der Waals surface area contributed by atoms with Gasteiger partial charge in [0.25, 0.3) is 0 Å². The van der Waals surface area contributed by atoms with Crippen LogP contribution >= 0.6 is 11.6 Å². The van der Waals surface area contributed by atoms with Gasteiger partial charge in [-0.2, -0.15) is 0 Å². The highest BCUT2D eigenvalue weighted by molar-refractivity contribution is 6.31. The Labute approximate surface area is 195 Å². The molecule has 0 amide bonds. The van der Waals surface area contributed by atoms with E-state index >= 15 is 0 Å². The highest BCUT2D eigenvalue weighted by Gasteiger charge is 2.27. The third kappa shape index (κ3) is 7.02. The SMILES string of the molecule is CCCCOc1c(OCCCC)c(OC(=O)CCCC)c2cc(Cl)ccc2c1OC(C)=O.